The summed E-state index contributed by atoms with van der Waals surface area (Å²) in [7, 11) is 1.47. The van der Waals surface area contributed by atoms with E-state index in [9.17, 15) is 10.1 Å². The first kappa shape index (κ1) is 26.6. The summed E-state index contributed by atoms with van der Waals surface area (Å²) in [4.78, 5) is 17.5. The van der Waals surface area contributed by atoms with Gasteiger partial charge in [-0.3, -0.25) is 15.2 Å². The van der Waals surface area contributed by atoms with Gasteiger partial charge in [0, 0.05) is 34.7 Å². The zero-order chi connectivity index (χ0) is 26.1. The van der Waals surface area contributed by atoms with E-state index in [0.29, 0.717) is 30.9 Å². The Morgan fingerprint density at radius 2 is 2.14 bits per heavy atom. The van der Waals surface area contributed by atoms with Crippen LogP contribution in [0.1, 0.15) is 60.2 Å². The first-order chi connectivity index (χ1) is 17.4. The Morgan fingerprint density at radius 1 is 1.33 bits per heavy atom. The van der Waals surface area contributed by atoms with Gasteiger partial charge in [-0.2, -0.15) is 5.26 Å². The predicted octanol–water partition coefficient (Wildman–Crippen LogP) is 3.59. The third-order valence-electron chi connectivity index (χ3n) is 6.01. The maximum absolute atomic E-state index is 13.0. The molecule has 0 saturated heterocycles. The van der Waals surface area contributed by atoms with Crippen molar-refractivity contribution >= 4 is 29.5 Å². The Labute approximate surface area is 212 Å². The molecule has 1 aromatic heterocycles. The maximum Gasteiger partial charge on any atom is 0.251 e. The molecule has 0 bridgehead atoms. The molecule has 7 heteroatoms. The van der Waals surface area contributed by atoms with Crippen LogP contribution in [0.2, 0.25) is 0 Å². The predicted molar refractivity (Wildman–Crippen MR) is 142 cm³/mol. The average Bonchev–Trinajstić information content (AvgIpc) is 2.91. The standard InChI is InChI=1S/C29H32N4O3/c1-5-8-19(11-22-12-23(16-32-27(22)7-3)25(6-2)28(31)35-4)15-33-29(34)20-9-10-21-17-36-18-24(14-30)26(21)13-20/h6-13,16,24,31H,5,15,17-18H2,1-4H3,(H,33,34)/b19-8-,22-11-,25-6-,27-7+,31-28?. The highest BCUT2D eigenvalue weighted by molar-refractivity contribution is 6.17. The number of nitrogens with one attached hydrogen (secondary N) is 2. The van der Waals surface area contributed by atoms with Gasteiger partial charge < -0.3 is 14.8 Å². The lowest BCUT2D eigenvalue weighted by molar-refractivity contribution is 0.0952. The summed E-state index contributed by atoms with van der Waals surface area (Å²) in [6, 6.07) is 9.66. The molecule has 2 heterocycles. The number of pyridine rings is 1. The number of allylic oxidation sites excluding steroid dienone is 2. The molecular weight excluding hydrogens is 452 g/mol. The van der Waals surface area contributed by atoms with Crippen LogP contribution in [0, 0.1) is 16.7 Å². The Morgan fingerprint density at radius 3 is 2.81 bits per heavy atom. The SMILES string of the molecule is C/C=C(\C(=N)OC)c1cnc(=C/C)/c(=C\C(=C\CC)CNC(=O)c2ccc3c(c2)C(C#N)COC3)c1. The number of hydrogen-bond acceptors (Lipinski definition) is 6. The van der Waals surface area contributed by atoms with Gasteiger partial charge in [-0.25, -0.2) is 0 Å². The summed E-state index contributed by atoms with van der Waals surface area (Å²) in [5, 5.41) is 22.2. The Bertz CT molecular complexity index is 1370. The molecule has 186 valence electrons. The van der Waals surface area contributed by atoms with Gasteiger partial charge >= 0.3 is 0 Å². The molecule has 2 aromatic rings. The normalized spacial score (nSPS) is 16.8. The molecule has 7 nitrogen and oxygen atoms in total. The number of nitrogens with zero attached hydrogens (tertiary/aromatic N) is 2. The van der Waals surface area contributed by atoms with Crippen molar-refractivity contribution in [1.29, 1.82) is 10.7 Å². The summed E-state index contributed by atoms with van der Waals surface area (Å²) < 4.78 is 10.6. The average molecular weight is 485 g/mol. The number of ether oxygens (including phenoxy) is 2. The molecule has 1 aliphatic rings. The fourth-order valence-electron chi connectivity index (χ4n) is 4.14. The third kappa shape index (κ3) is 6.15. The molecule has 1 amide bonds. The number of rotatable bonds is 7. The van der Waals surface area contributed by atoms with Crippen LogP contribution in [0.3, 0.4) is 0 Å². The molecule has 0 radical (unpaired) electrons. The van der Waals surface area contributed by atoms with Gasteiger partial charge in [0.1, 0.15) is 0 Å². The lowest BCUT2D eigenvalue weighted by atomic mass is 9.92. The van der Waals surface area contributed by atoms with E-state index in [-0.39, 0.29) is 17.7 Å². The minimum Gasteiger partial charge on any atom is -0.481 e. The summed E-state index contributed by atoms with van der Waals surface area (Å²) in [6.45, 7) is 6.96. The highest BCUT2D eigenvalue weighted by atomic mass is 16.5. The minimum atomic E-state index is -0.365. The van der Waals surface area contributed by atoms with Gasteiger partial charge in [0.05, 0.1) is 37.7 Å². The summed E-state index contributed by atoms with van der Waals surface area (Å²) >= 11 is 0. The summed E-state index contributed by atoms with van der Waals surface area (Å²) in [6.07, 6.45) is 10.4. The highest BCUT2D eigenvalue weighted by Crippen LogP contribution is 2.27. The molecule has 36 heavy (non-hydrogen) atoms. The zero-order valence-corrected chi connectivity index (χ0v) is 21.2. The van der Waals surface area contributed by atoms with Crippen LogP contribution in [0.15, 0.2) is 48.2 Å². The fraction of sp³-hybridized carbons (Fsp3) is 0.310. The number of carbonyl (C=O) groups excluding carboxylic acids is 1. The van der Waals surface area contributed by atoms with Crippen molar-refractivity contribution in [3.8, 4) is 6.07 Å². The molecule has 0 fully saturated rings. The van der Waals surface area contributed by atoms with Crippen molar-refractivity contribution in [2.75, 3.05) is 20.3 Å². The molecule has 0 aliphatic carbocycles. The number of nitriles is 1. The number of aromatic nitrogens is 1. The van der Waals surface area contributed by atoms with Crippen LogP contribution in [0.4, 0.5) is 0 Å². The van der Waals surface area contributed by atoms with E-state index < -0.39 is 0 Å². The van der Waals surface area contributed by atoms with Crippen molar-refractivity contribution < 1.29 is 14.3 Å². The first-order valence-electron chi connectivity index (χ1n) is 12.0. The van der Waals surface area contributed by atoms with Gasteiger partial charge in [0.2, 0.25) is 5.90 Å². The van der Waals surface area contributed by atoms with E-state index in [0.717, 1.165) is 39.3 Å². The Kier molecular flexibility index (Phi) is 9.32. The fourth-order valence-corrected chi connectivity index (χ4v) is 4.14. The molecule has 0 spiro atoms. The molecule has 1 aliphatic heterocycles. The van der Waals surface area contributed by atoms with Gasteiger partial charge in [0.25, 0.3) is 5.91 Å². The Hall–Kier alpha value is -4.02. The topological polar surface area (TPSA) is 108 Å². The molecule has 3 rings (SSSR count). The monoisotopic (exact) mass is 484 g/mol. The molecular formula is C29H32N4O3. The van der Waals surface area contributed by atoms with E-state index >= 15 is 0 Å². The van der Waals surface area contributed by atoms with Crippen molar-refractivity contribution in [2.24, 2.45) is 0 Å². The van der Waals surface area contributed by atoms with Crippen molar-refractivity contribution in [3.63, 3.8) is 0 Å². The van der Waals surface area contributed by atoms with Crippen LogP contribution < -0.4 is 15.9 Å². The van der Waals surface area contributed by atoms with Gasteiger partial charge in [-0.15, -0.1) is 0 Å². The molecule has 1 atom stereocenters. The highest BCUT2D eigenvalue weighted by Gasteiger charge is 2.22. The molecule has 0 saturated carbocycles. The molecule has 1 aromatic carbocycles. The van der Waals surface area contributed by atoms with Crippen LogP contribution in [-0.2, 0) is 16.1 Å². The number of benzene rings is 1. The van der Waals surface area contributed by atoms with E-state index in [1.54, 1.807) is 18.3 Å². The van der Waals surface area contributed by atoms with E-state index in [2.05, 4.69) is 22.4 Å². The van der Waals surface area contributed by atoms with Crippen LogP contribution >= 0.6 is 0 Å². The van der Waals surface area contributed by atoms with Crippen molar-refractivity contribution in [1.82, 2.24) is 10.3 Å². The smallest absolute Gasteiger partial charge is 0.251 e. The van der Waals surface area contributed by atoms with Gasteiger partial charge in [-0.05, 0) is 61.2 Å². The largest absolute Gasteiger partial charge is 0.481 e. The van der Waals surface area contributed by atoms with Crippen LogP contribution in [-0.4, -0.2) is 37.1 Å². The minimum absolute atomic E-state index is 0.0744. The quantitative estimate of drug-likeness (QED) is 0.461. The number of methoxy groups -OCH3 is 1. The van der Waals surface area contributed by atoms with Crippen LogP contribution in [0.5, 0.6) is 0 Å². The van der Waals surface area contributed by atoms with Gasteiger partial charge in [-0.1, -0.05) is 31.2 Å². The number of fused-ring (bicyclic) bond motifs is 1. The number of carbonyl (C=O) groups is 1. The molecule has 1 unspecified atom stereocenters. The molecule has 2 N–H and O–H groups in total. The third-order valence-corrected chi connectivity index (χ3v) is 6.01. The van der Waals surface area contributed by atoms with E-state index in [4.69, 9.17) is 14.9 Å². The lowest BCUT2D eigenvalue weighted by Crippen LogP contribution is -2.30. The van der Waals surface area contributed by atoms with E-state index in [1.807, 2.05) is 51.1 Å². The second kappa shape index (κ2) is 12.6. The van der Waals surface area contributed by atoms with Crippen molar-refractivity contribution in [3.05, 3.63) is 81.0 Å². The van der Waals surface area contributed by atoms with E-state index in [1.165, 1.54) is 7.11 Å². The zero-order valence-electron chi connectivity index (χ0n) is 21.2. The maximum atomic E-state index is 13.0. The summed E-state index contributed by atoms with van der Waals surface area (Å²) in [5.41, 5.74) is 4.71. The second-order valence-electron chi connectivity index (χ2n) is 8.35. The summed E-state index contributed by atoms with van der Waals surface area (Å²) in [5.74, 6) is -0.490. The van der Waals surface area contributed by atoms with Gasteiger partial charge in [0.15, 0.2) is 0 Å². The van der Waals surface area contributed by atoms with Crippen molar-refractivity contribution in [2.45, 2.75) is 39.7 Å². The number of amides is 1. The lowest BCUT2D eigenvalue weighted by Gasteiger charge is -2.21. The Balaban J connectivity index is 1.88. The first-order valence-corrected chi connectivity index (χ1v) is 12.0. The second-order valence-corrected chi connectivity index (χ2v) is 8.35. The number of hydrogen-bond donors (Lipinski definition) is 2. The van der Waals surface area contributed by atoms with Crippen LogP contribution in [0.25, 0.3) is 17.7 Å².